The summed E-state index contributed by atoms with van der Waals surface area (Å²) in [6.45, 7) is 1.42. The van der Waals surface area contributed by atoms with E-state index in [0.717, 1.165) is 30.3 Å². The average molecular weight is 339 g/mol. The molecular weight excluding hydrogens is 325 g/mol. The lowest BCUT2D eigenvalue weighted by molar-refractivity contribution is -0.274. The molecule has 2 rings (SSSR count). The number of alkyl halides is 4. The maximum atomic E-state index is 12.0. The molecule has 1 unspecified atom stereocenters. The van der Waals surface area contributed by atoms with Crippen molar-refractivity contribution in [1.82, 2.24) is 0 Å². The van der Waals surface area contributed by atoms with Crippen molar-refractivity contribution >= 4 is 15.9 Å². The SMILES string of the molecule is FC(F)(F)Oc1ccc(CC2(CBr)CCOC2)cc1. The highest BCUT2D eigenvalue weighted by molar-refractivity contribution is 9.09. The predicted molar refractivity (Wildman–Crippen MR) is 68.5 cm³/mol. The van der Waals surface area contributed by atoms with E-state index < -0.39 is 6.36 Å². The average Bonchev–Trinajstić information content (AvgIpc) is 2.79. The zero-order valence-corrected chi connectivity index (χ0v) is 11.8. The largest absolute Gasteiger partial charge is 0.573 e. The third-order valence-electron chi connectivity index (χ3n) is 3.20. The minimum atomic E-state index is -4.64. The van der Waals surface area contributed by atoms with Gasteiger partial charge in [0.25, 0.3) is 0 Å². The van der Waals surface area contributed by atoms with Gasteiger partial charge in [-0.25, -0.2) is 0 Å². The van der Waals surface area contributed by atoms with Crippen molar-refractivity contribution in [2.75, 3.05) is 18.5 Å². The van der Waals surface area contributed by atoms with Gasteiger partial charge in [0, 0.05) is 17.4 Å². The van der Waals surface area contributed by atoms with Gasteiger partial charge in [-0.05, 0) is 30.5 Å². The molecular formula is C13H14BrF3O2. The van der Waals surface area contributed by atoms with E-state index >= 15 is 0 Å². The van der Waals surface area contributed by atoms with Crippen molar-refractivity contribution in [1.29, 1.82) is 0 Å². The van der Waals surface area contributed by atoms with Crippen LogP contribution in [0.4, 0.5) is 13.2 Å². The Morgan fingerprint density at radius 3 is 2.42 bits per heavy atom. The molecule has 1 atom stereocenters. The standard InChI is InChI=1S/C13H14BrF3O2/c14-8-12(5-6-18-9-12)7-10-1-3-11(4-2-10)19-13(15,16)17/h1-4H,5-9H2. The summed E-state index contributed by atoms with van der Waals surface area (Å²) in [5.41, 5.74) is 1.03. The van der Waals surface area contributed by atoms with Crippen LogP contribution in [0.1, 0.15) is 12.0 Å². The molecule has 1 aliphatic rings. The molecule has 0 radical (unpaired) electrons. The van der Waals surface area contributed by atoms with Crippen LogP contribution < -0.4 is 4.74 Å². The zero-order valence-electron chi connectivity index (χ0n) is 10.2. The summed E-state index contributed by atoms with van der Waals surface area (Å²) in [7, 11) is 0. The van der Waals surface area contributed by atoms with Crippen molar-refractivity contribution in [2.24, 2.45) is 5.41 Å². The Hall–Kier alpha value is -0.750. The van der Waals surface area contributed by atoms with Crippen LogP contribution >= 0.6 is 15.9 Å². The molecule has 0 N–H and O–H groups in total. The van der Waals surface area contributed by atoms with Crippen LogP contribution in [0.15, 0.2) is 24.3 Å². The number of hydrogen-bond acceptors (Lipinski definition) is 2. The first kappa shape index (κ1) is 14.7. The Balaban J connectivity index is 2.02. The Labute approximate surface area is 118 Å². The first-order valence-electron chi connectivity index (χ1n) is 5.91. The van der Waals surface area contributed by atoms with Crippen molar-refractivity contribution in [3.63, 3.8) is 0 Å². The first-order chi connectivity index (χ1) is 8.92. The predicted octanol–water partition coefficient (Wildman–Crippen LogP) is 3.93. The number of rotatable bonds is 4. The van der Waals surface area contributed by atoms with Crippen LogP contribution in [0.25, 0.3) is 0 Å². The number of ether oxygens (including phenoxy) is 2. The van der Waals surface area contributed by atoms with E-state index in [1.54, 1.807) is 12.1 Å². The number of hydrogen-bond donors (Lipinski definition) is 0. The van der Waals surface area contributed by atoms with Crippen molar-refractivity contribution < 1.29 is 22.6 Å². The molecule has 0 aliphatic carbocycles. The molecule has 0 saturated carbocycles. The Bertz CT molecular complexity index is 411. The van der Waals surface area contributed by atoms with E-state index in [2.05, 4.69) is 20.7 Å². The molecule has 19 heavy (non-hydrogen) atoms. The minimum absolute atomic E-state index is 0.0480. The molecule has 1 aliphatic heterocycles. The van der Waals surface area contributed by atoms with Gasteiger partial charge in [0.1, 0.15) is 5.75 Å². The van der Waals surface area contributed by atoms with Gasteiger partial charge in [-0.3, -0.25) is 0 Å². The smallest absolute Gasteiger partial charge is 0.406 e. The Kier molecular flexibility index (Phi) is 4.40. The highest BCUT2D eigenvalue weighted by Crippen LogP contribution is 2.35. The van der Waals surface area contributed by atoms with E-state index in [1.807, 2.05) is 0 Å². The summed E-state index contributed by atoms with van der Waals surface area (Å²) in [4.78, 5) is 0. The number of halogens is 4. The second kappa shape index (κ2) is 5.71. The first-order valence-corrected chi connectivity index (χ1v) is 7.03. The summed E-state index contributed by atoms with van der Waals surface area (Å²) < 4.78 is 45.4. The van der Waals surface area contributed by atoms with Crippen LogP contribution in [0.3, 0.4) is 0 Å². The van der Waals surface area contributed by atoms with Gasteiger partial charge in [-0.2, -0.15) is 0 Å². The van der Waals surface area contributed by atoms with Crippen LogP contribution in [0.2, 0.25) is 0 Å². The second-order valence-electron chi connectivity index (χ2n) is 4.80. The summed E-state index contributed by atoms with van der Waals surface area (Å²) in [6.07, 6.45) is -2.90. The fourth-order valence-electron chi connectivity index (χ4n) is 2.18. The highest BCUT2D eigenvalue weighted by atomic mass is 79.9. The normalized spacial score (nSPS) is 23.6. The Morgan fingerprint density at radius 2 is 1.95 bits per heavy atom. The summed E-state index contributed by atoms with van der Waals surface area (Å²) in [5.74, 6) is -0.188. The van der Waals surface area contributed by atoms with Crippen molar-refractivity contribution in [2.45, 2.75) is 19.2 Å². The molecule has 1 fully saturated rings. The molecule has 1 saturated heterocycles. The zero-order chi connectivity index (χ0) is 13.9. The van der Waals surface area contributed by atoms with Gasteiger partial charge >= 0.3 is 6.36 Å². The lowest BCUT2D eigenvalue weighted by Crippen LogP contribution is -2.25. The van der Waals surface area contributed by atoms with E-state index in [-0.39, 0.29) is 11.2 Å². The topological polar surface area (TPSA) is 18.5 Å². The van der Waals surface area contributed by atoms with Crippen LogP contribution in [-0.4, -0.2) is 24.9 Å². The van der Waals surface area contributed by atoms with Crippen molar-refractivity contribution in [3.05, 3.63) is 29.8 Å². The van der Waals surface area contributed by atoms with Crippen molar-refractivity contribution in [3.8, 4) is 5.75 Å². The molecule has 106 valence electrons. The highest BCUT2D eigenvalue weighted by Gasteiger charge is 2.34. The monoisotopic (exact) mass is 338 g/mol. The fourth-order valence-corrected chi connectivity index (χ4v) is 2.82. The maximum Gasteiger partial charge on any atom is 0.573 e. The molecule has 1 heterocycles. The van der Waals surface area contributed by atoms with E-state index in [4.69, 9.17) is 4.74 Å². The Morgan fingerprint density at radius 1 is 1.26 bits per heavy atom. The van der Waals surface area contributed by atoms with Crippen LogP contribution in [0.5, 0.6) is 5.75 Å². The molecule has 6 heteroatoms. The molecule has 0 aromatic heterocycles. The van der Waals surface area contributed by atoms with Gasteiger partial charge < -0.3 is 9.47 Å². The fraction of sp³-hybridized carbons (Fsp3) is 0.538. The molecule has 0 bridgehead atoms. The summed E-state index contributed by atoms with van der Waals surface area (Å²) in [6, 6.07) is 6.04. The van der Waals surface area contributed by atoms with E-state index in [1.165, 1.54) is 12.1 Å². The molecule has 0 amide bonds. The van der Waals surface area contributed by atoms with Crippen LogP contribution in [0, 0.1) is 5.41 Å². The lowest BCUT2D eigenvalue weighted by Gasteiger charge is -2.24. The van der Waals surface area contributed by atoms with Gasteiger partial charge in [0.15, 0.2) is 0 Å². The van der Waals surface area contributed by atoms with Crippen LogP contribution in [-0.2, 0) is 11.2 Å². The number of benzene rings is 1. The van der Waals surface area contributed by atoms with E-state index in [0.29, 0.717) is 6.61 Å². The molecule has 2 nitrogen and oxygen atoms in total. The summed E-state index contributed by atoms with van der Waals surface area (Å²) >= 11 is 3.49. The quantitative estimate of drug-likeness (QED) is 0.774. The van der Waals surface area contributed by atoms with E-state index in [9.17, 15) is 13.2 Å². The third kappa shape index (κ3) is 4.11. The van der Waals surface area contributed by atoms with Gasteiger partial charge in [-0.15, -0.1) is 13.2 Å². The van der Waals surface area contributed by atoms with Gasteiger partial charge in [0.05, 0.1) is 6.61 Å². The lowest BCUT2D eigenvalue weighted by atomic mass is 9.83. The van der Waals surface area contributed by atoms with Gasteiger partial charge in [-0.1, -0.05) is 28.1 Å². The molecule has 1 aromatic carbocycles. The van der Waals surface area contributed by atoms with Gasteiger partial charge in [0.2, 0.25) is 0 Å². The maximum absolute atomic E-state index is 12.0. The molecule has 0 spiro atoms. The molecule has 1 aromatic rings. The summed E-state index contributed by atoms with van der Waals surface area (Å²) in [5, 5.41) is 0.820. The minimum Gasteiger partial charge on any atom is -0.406 e. The second-order valence-corrected chi connectivity index (χ2v) is 5.37. The third-order valence-corrected chi connectivity index (χ3v) is 4.39.